The quantitative estimate of drug-likeness (QED) is 0.480. The molecule has 1 heterocycles. The van der Waals surface area contributed by atoms with Gasteiger partial charge in [-0.2, -0.15) is 0 Å². The molecule has 2 atom stereocenters. The summed E-state index contributed by atoms with van der Waals surface area (Å²) >= 11 is 0. The maximum Gasteiger partial charge on any atom is 0.255 e. The molecule has 0 bridgehead atoms. The van der Waals surface area contributed by atoms with Crippen LogP contribution in [0.2, 0.25) is 0 Å². The first-order chi connectivity index (χ1) is 9.72. The minimum absolute atomic E-state index is 0.185. The molecule has 2 unspecified atom stereocenters. The van der Waals surface area contributed by atoms with Crippen molar-refractivity contribution in [3.63, 3.8) is 0 Å². The molecule has 1 aliphatic heterocycles. The van der Waals surface area contributed by atoms with Crippen molar-refractivity contribution in [1.82, 2.24) is 10.3 Å². The minimum Gasteiger partial charge on any atom is -0.381 e. The molecule has 5 nitrogen and oxygen atoms in total. The Labute approximate surface area is 120 Å². The minimum atomic E-state index is -0.358. The monoisotopic (exact) mass is 277 g/mol. The van der Waals surface area contributed by atoms with Gasteiger partial charge in [-0.25, -0.2) is 5.84 Å². The average molecular weight is 277 g/mol. The standard InChI is InChI=1S/C15H23N3O2/c1-18(10-12-6-5-9-20-11-12)14(15(19)17-16)13-7-3-2-4-8-13/h2-4,7-8,12,14H,5-6,9-11,16H2,1H3,(H,17,19). The molecular formula is C15H23N3O2. The number of nitrogens with zero attached hydrogens (tertiary/aromatic N) is 1. The topological polar surface area (TPSA) is 67.6 Å². The van der Waals surface area contributed by atoms with Crippen molar-refractivity contribution >= 4 is 5.91 Å². The summed E-state index contributed by atoms with van der Waals surface area (Å²) in [6, 6.07) is 9.35. The van der Waals surface area contributed by atoms with Gasteiger partial charge in [-0.15, -0.1) is 0 Å². The van der Waals surface area contributed by atoms with Gasteiger partial charge < -0.3 is 4.74 Å². The number of benzene rings is 1. The van der Waals surface area contributed by atoms with Gasteiger partial charge in [0, 0.05) is 13.2 Å². The number of nitrogens with two attached hydrogens (primary N) is 1. The lowest BCUT2D eigenvalue weighted by molar-refractivity contribution is -0.126. The van der Waals surface area contributed by atoms with E-state index in [4.69, 9.17) is 10.6 Å². The van der Waals surface area contributed by atoms with Crippen LogP contribution < -0.4 is 11.3 Å². The molecule has 20 heavy (non-hydrogen) atoms. The first kappa shape index (κ1) is 15.0. The van der Waals surface area contributed by atoms with Crippen LogP contribution in [0.15, 0.2) is 30.3 Å². The zero-order chi connectivity index (χ0) is 14.4. The Morgan fingerprint density at radius 3 is 2.85 bits per heavy atom. The van der Waals surface area contributed by atoms with Crippen LogP contribution in [0.3, 0.4) is 0 Å². The van der Waals surface area contributed by atoms with Crippen LogP contribution in [0.1, 0.15) is 24.4 Å². The second-order valence-corrected chi connectivity index (χ2v) is 5.34. The van der Waals surface area contributed by atoms with Gasteiger partial charge in [-0.05, 0) is 31.4 Å². The number of rotatable bonds is 5. The Morgan fingerprint density at radius 2 is 2.25 bits per heavy atom. The molecule has 0 aromatic heterocycles. The fourth-order valence-electron chi connectivity index (χ4n) is 2.78. The van der Waals surface area contributed by atoms with E-state index < -0.39 is 0 Å². The lowest BCUT2D eigenvalue weighted by atomic mass is 9.99. The number of ether oxygens (including phenoxy) is 1. The van der Waals surface area contributed by atoms with E-state index in [1.807, 2.05) is 37.4 Å². The summed E-state index contributed by atoms with van der Waals surface area (Å²) in [7, 11) is 1.96. The van der Waals surface area contributed by atoms with E-state index in [0.717, 1.165) is 38.2 Å². The van der Waals surface area contributed by atoms with Gasteiger partial charge in [0.1, 0.15) is 6.04 Å². The van der Waals surface area contributed by atoms with Crippen molar-refractivity contribution in [3.05, 3.63) is 35.9 Å². The van der Waals surface area contributed by atoms with E-state index in [-0.39, 0.29) is 11.9 Å². The van der Waals surface area contributed by atoms with Crippen molar-refractivity contribution in [2.45, 2.75) is 18.9 Å². The van der Waals surface area contributed by atoms with Crippen LogP contribution in [-0.2, 0) is 9.53 Å². The Kier molecular flexibility index (Phi) is 5.52. The number of hydrogen-bond acceptors (Lipinski definition) is 4. The number of nitrogens with one attached hydrogen (secondary N) is 1. The molecule has 1 amide bonds. The molecule has 110 valence electrons. The fourth-order valence-corrected chi connectivity index (χ4v) is 2.78. The van der Waals surface area contributed by atoms with E-state index in [1.54, 1.807) is 0 Å². The molecule has 3 N–H and O–H groups in total. The highest BCUT2D eigenvalue weighted by Gasteiger charge is 2.27. The molecule has 1 aliphatic rings. The number of hydrazine groups is 1. The largest absolute Gasteiger partial charge is 0.381 e. The number of carbonyl (C=O) groups is 1. The smallest absolute Gasteiger partial charge is 0.255 e. The third-order valence-electron chi connectivity index (χ3n) is 3.75. The first-order valence-electron chi connectivity index (χ1n) is 7.05. The summed E-state index contributed by atoms with van der Waals surface area (Å²) in [5.41, 5.74) is 3.22. The Hall–Kier alpha value is -1.43. The van der Waals surface area contributed by atoms with Gasteiger partial charge in [0.2, 0.25) is 0 Å². The summed E-state index contributed by atoms with van der Waals surface area (Å²) < 4.78 is 5.50. The van der Waals surface area contributed by atoms with Gasteiger partial charge in [0.15, 0.2) is 0 Å². The van der Waals surface area contributed by atoms with Gasteiger partial charge in [-0.1, -0.05) is 30.3 Å². The molecular weight excluding hydrogens is 254 g/mol. The van der Waals surface area contributed by atoms with Crippen LogP contribution in [0.25, 0.3) is 0 Å². The maximum atomic E-state index is 12.1. The molecule has 0 spiro atoms. The van der Waals surface area contributed by atoms with Gasteiger partial charge >= 0.3 is 0 Å². The van der Waals surface area contributed by atoms with Gasteiger partial charge in [0.25, 0.3) is 5.91 Å². The van der Waals surface area contributed by atoms with Crippen molar-refractivity contribution in [1.29, 1.82) is 0 Å². The molecule has 1 saturated heterocycles. The summed E-state index contributed by atoms with van der Waals surface area (Å²) in [5, 5.41) is 0. The van der Waals surface area contributed by atoms with Crippen LogP contribution in [0, 0.1) is 5.92 Å². The zero-order valence-electron chi connectivity index (χ0n) is 11.9. The van der Waals surface area contributed by atoms with Crippen LogP contribution in [-0.4, -0.2) is 37.6 Å². The third-order valence-corrected chi connectivity index (χ3v) is 3.75. The highest BCUT2D eigenvalue weighted by atomic mass is 16.5. The predicted octanol–water partition coefficient (Wildman–Crippen LogP) is 1.08. The Bertz CT molecular complexity index is 418. The zero-order valence-corrected chi connectivity index (χ0v) is 11.9. The summed E-state index contributed by atoms with van der Waals surface area (Å²) in [6.07, 6.45) is 2.24. The first-order valence-corrected chi connectivity index (χ1v) is 7.05. The number of carbonyl (C=O) groups excluding carboxylic acids is 1. The van der Waals surface area contributed by atoms with Crippen LogP contribution in [0.5, 0.6) is 0 Å². The molecule has 1 fully saturated rings. The molecule has 1 aromatic rings. The molecule has 0 radical (unpaired) electrons. The fraction of sp³-hybridized carbons (Fsp3) is 0.533. The number of likely N-dealkylation sites (N-methyl/N-ethyl adjacent to an activating group) is 1. The van der Waals surface area contributed by atoms with E-state index in [1.165, 1.54) is 0 Å². The summed E-state index contributed by atoms with van der Waals surface area (Å²) in [5.74, 6) is 5.62. The lowest BCUT2D eigenvalue weighted by Gasteiger charge is -2.32. The van der Waals surface area contributed by atoms with E-state index in [0.29, 0.717) is 5.92 Å². The van der Waals surface area contributed by atoms with Crippen molar-refractivity contribution in [2.75, 3.05) is 26.8 Å². The van der Waals surface area contributed by atoms with Crippen molar-refractivity contribution in [2.24, 2.45) is 11.8 Å². The Morgan fingerprint density at radius 1 is 1.50 bits per heavy atom. The predicted molar refractivity (Wildman–Crippen MR) is 77.7 cm³/mol. The average Bonchev–Trinajstić information content (AvgIpc) is 2.49. The van der Waals surface area contributed by atoms with Crippen LogP contribution in [0.4, 0.5) is 0 Å². The van der Waals surface area contributed by atoms with Gasteiger partial charge in [-0.3, -0.25) is 15.1 Å². The number of amides is 1. The molecule has 0 saturated carbocycles. The van der Waals surface area contributed by atoms with Crippen molar-refractivity contribution in [3.8, 4) is 0 Å². The lowest BCUT2D eigenvalue weighted by Crippen LogP contribution is -2.44. The summed E-state index contributed by atoms with van der Waals surface area (Å²) in [6.45, 7) is 2.45. The van der Waals surface area contributed by atoms with E-state index >= 15 is 0 Å². The Balaban J connectivity index is 2.07. The normalized spacial score (nSPS) is 20.6. The maximum absolute atomic E-state index is 12.1. The highest BCUT2D eigenvalue weighted by molar-refractivity contribution is 5.82. The highest BCUT2D eigenvalue weighted by Crippen LogP contribution is 2.23. The SMILES string of the molecule is CN(CC1CCCOC1)C(C(=O)NN)c1ccccc1. The molecule has 2 rings (SSSR count). The van der Waals surface area contributed by atoms with E-state index in [9.17, 15) is 4.79 Å². The third kappa shape index (κ3) is 3.79. The number of hydrogen-bond donors (Lipinski definition) is 2. The van der Waals surface area contributed by atoms with E-state index in [2.05, 4.69) is 10.3 Å². The van der Waals surface area contributed by atoms with Gasteiger partial charge in [0.05, 0.1) is 6.61 Å². The van der Waals surface area contributed by atoms with Crippen LogP contribution >= 0.6 is 0 Å². The molecule has 5 heteroatoms. The summed E-state index contributed by atoms with van der Waals surface area (Å²) in [4.78, 5) is 14.1. The second kappa shape index (κ2) is 7.38. The molecule has 1 aromatic carbocycles. The molecule has 0 aliphatic carbocycles. The second-order valence-electron chi connectivity index (χ2n) is 5.34. The van der Waals surface area contributed by atoms with Crippen molar-refractivity contribution < 1.29 is 9.53 Å².